The first-order valence-corrected chi connectivity index (χ1v) is 31.9. The smallest absolute Gasteiger partial charge is 0.297 e. The molecule has 4 heteroatoms. The van der Waals surface area contributed by atoms with Crippen LogP contribution in [0.2, 0.25) is 0 Å². The van der Waals surface area contributed by atoms with Gasteiger partial charge in [-0.1, -0.05) is 176 Å². The number of benzene rings is 7. The van der Waals surface area contributed by atoms with E-state index in [1.807, 2.05) is 0 Å². The van der Waals surface area contributed by atoms with Crippen molar-refractivity contribution in [3.63, 3.8) is 0 Å². The first kappa shape index (κ1) is 51.4. The molecule has 4 saturated carbocycles. The van der Waals surface area contributed by atoms with Crippen LogP contribution in [0, 0.1) is 23.7 Å². The fourth-order valence-electron chi connectivity index (χ4n) is 18.9. The maximum Gasteiger partial charge on any atom is 0.297 e. The predicted octanol–water partition coefficient (Wildman–Crippen LogP) is 19.2. The lowest BCUT2D eigenvalue weighted by Gasteiger charge is -2.61. The van der Waals surface area contributed by atoms with Crippen molar-refractivity contribution in [2.75, 3.05) is 9.80 Å². The SMILES string of the molecule is CC(C)(C)c1ccc2c(c1)B1c3oc4cc5c(cc4c3N(c3ccc(-c4ccc6c(c4)C(C)(C)CCC6(C)C)cc3)c3cc(C(C)(C)C)cc(c31)N2c1cccc2c1-c1ccccc1C21C2CC3CC(C2)CC1C3)C(C)(C)CCC5(C)C. The Kier molecular flexibility index (Phi) is 10.4. The average molecular weight is 1080 g/mol. The minimum Gasteiger partial charge on any atom is -0.468 e. The molecule has 0 saturated heterocycles. The highest BCUT2D eigenvalue weighted by Gasteiger charge is 2.62. The lowest BCUT2D eigenvalue weighted by molar-refractivity contribution is -0.0399. The van der Waals surface area contributed by atoms with Crippen molar-refractivity contribution in [3.05, 3.63) is 172 Å². The molecule has 0 unspecified atom stereocenters. The summed E-state index contributed by atoms with van der Waals surface area (Å²) in [6.07, 6.45) is 11.6. The third kappa shape index (κ3) is 6.96. The summed E-state index contributed by atoms with van der Waals surface area (Å²) in [6, 6.07) is 52.0. The molecule has 3 heterocycles. The minimum atomic E-state index is -0.156. The van der Waals surface area contributed by atoms with Crippen molar-refractivity contribution < 1.29 is 4.42 Å². The highest BCUT2D eigenvalue weighted by molar-refractivity contribution is 7.00. The number of fused-ring (bicyclic) bond motifs is 11. The van der Waals surface area contributed by atoms with Crippen LogP contribution in [-0.4, -0.2) is 6.71 Å². The minimum absolute atomic E-state index is 0.0246. The summed E-state index contributed by atoms with van der Waals surface area (Å²) < 4.78 is 7.81. The van der Waals surface area contributed by atoms with Crippen molar-refractivity contribution in [2.45, 2.75) is 193 Å². The second-order valence-corrected chi connectivity index (χ2v) is 32.3. The molecule has 7 aromatic carbocycles. The first-order valence-electron chi connectivity index (χ1n) is 31.9. The summed E-state index contributed by atoms with van der Waals surface area (Å²) in [4.78, 5) is 5.42. The van der Waals surface area contributed by atoms with Gasteiger partial charge >= 0.3 is 0 Å². The Morgan fingerprint density at radius 3 is 1.68 bits per heavy atom. The number of furan rings is 1. The molecule has 0 amide bonds. The van der Waals surface area contributed by atoms with Gasteiger partial charge in [-0.2, -0.15) is 0 Å². The Labute approximate surface area is 490 Å². The van der Waals surface area contributed by atoms with Crippen LogP contribution in [0.25, 0.3) is 33.2 Å². The van der Waals surface area contributed by atoms with E-state index in [0.717, 1.165) is 41.6 Å². The van der Waals surface area contributed by atoms with Gasteiger partial charge in [0.25, 0.3) is 6.71 Å². The van der Waals surface area contributed by atoms with E-state index in [2.05, 4.69) is 234 Å². The van der Waals surface area contributed by atoms with Crippen molar-refractivity contribution in [1.29, 1.82) is 0 Å². The Hall–Kier alpha value is -6.26. The van der Waals surface area contributed by atoms with Crippen LogP contribution >= 0.6 is 0 Å². The van der Waals surface area contributed by atoms with Gasteiger partial charge in [-0.15, -0.1) is 0 Å². The van der Waals surface area contributed by atoms with Crippen LogP contribution in [0.4, 0.5) is 34.1 Å². The molecule has 0 N–H and O–H groups in total. The van der Waals surface area contributed by atoms with Gasteiger partial charge in [0.2, 0.25) is 0 Å². The van der Waals surface area contributed by atoms with Crippen LogP contribution in [0.3, 0.4) is 0 Å². The zero-order chi connectivity index (χ0) is 56.7. The molecular weight excluding hydrogens is 992 g/mol. The van der Waals surface area contributed by atoms with Crippen LogP contribution in [0.15, 0.2) is 132 Å². The number of hydrogen-bond acceptors (Lipinski definition) is 3. The zero-order valence-corrected chi connectivity index (χ0v) is 51.7. The Morgan fingerprint density at radius 2 is 1.04 bits per heavy atom. The third-order valence-corrected chi connectivity index (χ3v) is 23.5. The molecule has 416 valence electrons. The summed E-state index contributed by atoms with van der Waals surface area (Å²) in [5.41, 5.74) is 29.6. The molecule has 82 heavy (non-hydrogen) atoms. The summed E-state index contributed by atoms with van der Waals surface area (Å²) in [7, 11) is 0. The molecule has 3 nitrogen and oxygen atoms in total. The standard InChI is InChI=1S/C78H85BN2O/c1-72(2,3)49-25-29-63-62(40-49)79-69-65(41-50(73(4,5)6)42-66(69)81(63)64-21-17-20-58-68(64)54-18-15-16-19-56(54)78(58)51-35-45-34-46(37-51)38-52(78)36-45)80(70-55-43-60-61(44-67(55)82-71(70)79)77(13,14)33-32-76(60,11)12)53-26-22-47(23-27-53)48-24-28-57-59(39-48)75(9,10)31-30-74(57,7)8/h15-29,39-46,51-52H,30-38H2,1-14H3. The number of nitrogens with zero attached hydrogens (tertiary/aromatic N) is 2. The fraction of sp³-hybridized carbons (Fsp3) is 0.436. The monoisotopic (exact) mass is 1080 g/mol. The largest absolute Gasteiger partial charge is 0.468 e. The third-order valence-electron chi connectivity index (χ3n) is 23.5. The van der Waals surface area contributed by atoms with E-state index in [4.69, 9.17) is 4.42 Å². The molecule has 9 aliphatic rings. The Morgan fingerprint density at radius 1 is 0.463 bits per heavy atom. The van der Waals surface area contributed by atoms with Gasteiger partial charge in [-0.05, 0) is 235 Å². The Balaban J connectivity index is 0.977. The maximum absolute atomic E-state index is 7.81. The van der Waals surface area contributed by atoms with Crippen molar-refractivity contribution in [1.82, 2.24) is 0 Å². The molecule has 4 fully saturated rings. The van der Waals surface area contributed by atoms with E-state index in [-0.39, 0.29) is 44.6 Å². The molecule has 1 spiro atoms. The highest BCUT2D eigenvalue weighted by atomic mass is 16.3. The lowest BCUT2D eigenvalue weighted by Crippen LogP contribution is -2.61. The molecule has 4 bridgehead atoms. The van der Waals surface area contributed by atoms with Gasteiger partial charge in [-0.25, -0.2) is 0 Å². The number of rotatable bonds is 3. The Bertz CT molecular complexity index is 4020. The molecule has 1 aromatic heterocycles. The summed E-state index contributed by atoms with van der Waals surface area (Å²) >= 11 is 0. The van der Waals surface area contributed by atoms with Crippen LogP contribution < -0.4 is 26.4 Å². The van der Waals surface area contributed by atoms with Gasteiger partial charge in [0.15, 0.2) is 0 Å². The van der Waals surface area contributed by atoms with E-state index in [9.17, 15) is 0 Å². The van der Waals surface area contributed by atoms with Crippen molar-refractivity contribution in [2.24, 2.45) is 23.7 Å². The van der Waals surface area contributed by atoms with Crippen LogP contribution in [-0.2, 0) is 37.9 Å². The molecule has 0 atom stereocenters. The molecular formula is C78H85BN2O. The second kappa shape index (κ2) is 16.5. The van der Waals surface area contributed by atoms with E-state index in [1.165, 1.54) is 145 Å². The summed E-state index contributed by atoms with van der Waals surface area (Å²) in [5.74, 6) is 3.14. The highest BCUT2D eigenvalue weighted by Crippen LogP contribution is 2.71. The van der Waals surface area contributed by atoms with Crippen LogP contribution in [0.5, 0.6) is 0 Å². The van der Waals surface area contributed by atoms with E-state index in [1.54, 1.807) is 11.1 Å². The summed E-state index contributed by atoms with van der Waals surface area (Å²) in [6.45, 7) is 33.9. The molecule has 17 rings (SSSR count). The van der Waals surface area contributed by atoms with Crippen molar-refractivity contribution in [3.8, 4) is 22.3 Å². The molecule has 8 aromatic rings. The van der Waals surface area contributed by atoms with Gasteiger partial charge < -0.3 is 14.2 Å². The number of hydrogen-bond donors (Lipinski definition) is 0. The molecule has 0 radical (unpaired) electrons. The van der Waals surface area contributed by atoms with Gasteiger partial charge in [0.05, 0.1) is 17.0 Å². The van der Waals surface area contributed by atoms with Crippen molar-refractivity contribution >= 4 is 68.4 Å². The van der Waals surface area contributed by atoms with Gasteiger partial charge in [-0.3, -0.25) is 0 Å². The quantitative estimate of drug-likeness (QED) is 0.164. The van der Waals surface area contributed by atoms with E-state index in [0.29, 0.717) is 11.8 Å². The van der Waals surface area contributed by atoms with Gasteiger partial charge in [0, 0.05) is 39.1 Å². The van der Waals surface area contributed by atoms with Gasteiger partial charge in [0.1, 0.15) is 5.58 Å². The second-order valence-electron chi connectivity index (χ2n) is 32.3. The lowest BCUT2D eigenvalue weighted by atomic mass is 9.35. The zero-order valence-electron chi connectivity index (χ0n) is 51.7. The predicted molar refractivity (Wildman–Crippen MR) is 347 cm³/mol. The fourth-order valence-corrected chi connectivity index (χ4v) is 18.9. The first-order chi connectivity index (χ1) is 38.8. The topological polar surface area (TPSA) is 19.6 Å². The van der Waals surface area contributed by atoms with E-state index >= 15 is 0 Å². The summed E-state index contributed by atoms with van der Waals surface area (Å²) in [5, 5.41) is 1.21. The normalized spacial score (nSPS) is 25.1. The molecule has 2 aliphatic heterocycles. The average Bonchev–Trinajstić information content (AvgIpc) is 2.95. The number of anilines is 6. The molecule has 7 aliphatic carbocycles. The van der Waals surface area contributed by atoms with E-state index < -0.39 is 0 Å². The maximum atomic E-state index is 7.81. The van der Waals surface area contributed by atoms with Crippen LogP contribution in [0.1, 0.15) is 199 Å².